The summed E-state index contributed by atoms with van der Waals surface area (Å²) in [5.41, 5.74) is 1.03. The van der Waals surface area contributed by atoms with Gasteiger partial charge in [-0.2, -0.15) is 5.10 Å². The van der Waals surface area contributed by atoms with Crippen molar-refractivity contribution in [1.29, 1.82) is 0 Å². The van der Waals surface area contributed by atoms with Gasteiger partial charge in [0, 0.05) is 19.1 Å². The fourth-order valence-electron chi connectivity index (χ4n) is 1.79. The molecule has 0 fully saturated rings. The van der Waals surface area contributed by atoms with Gasteiger partial charge >= 0.3 is 0 Å². The standard InChI is InChI=1S/C13H26N4O3S/c1-9(2)14-8-12-13(11(5)16-17-12)21(18,19)15-6-7-20-10(3)4/h9-10,14-15H,6-8H2,1-5H3,(H,16,17). The van der Waals surface area contributed by atoms with E-state index in [0.717, 1.165) is 0 Å². The average Bonchev–Trinajstić information content (AvgIpc) is 2.74. The van der Waals surface area contributed by atoms with Crippen LogP contribution in [0.1, 0.15) is 39.1 Å². The van der Waals surface area contributed by atoms with Gasteiger partial charge in [-0.15, -0.1) is 0 Å². The quantitative estimate of drug-likeness (QED) is 0.588. The zero-order valence-electron chi connectivity index (χ0n) is 13.4. The van der Waals surface area contributed by atoms with Crippen LogP contribution in [0.4, 0.5) is 0 Å². The zero-order valence-corrected chi connectivity index (χ0v) is 14.2. The van der Waals surface area contributed by atoms with Crippen LogP contribution in [0.25, 0.3) is 0 Å². The largest absolute Gasteiger partial charge is 0.377 e. The number of rotatable bonds is 9. The molecule has 1 aromatic rings. The molecule has 0 spiro atoms. The summed E-state index contributed by atoms with van der Waals surface area (Å²) < 4.78 is 32.6. The van der Waals surface area contributed by atoms with Gasteiger partial charge in [-0.1, -0.05) is 13.8 Å². The first-order valence-electron chi connectivity index (χ1n) is 7.12. The topological polar surface area (TPSA) is 96.1 Å². The first-order valence-corrected chi connectivity index (χ1v) is 8.61. The summed E-state index contributed by atoms with van der Waals surface area (Å²) in [7, 11) is -3.59. The Kier molecular flexibility index (Phi) is 6.79. The normalized spacial score (nSPS) is 12.5. The second kappa shape index (κ2) is 7.88. The number of nitrogens with zero attached hydrogens (tertiary/aromatic N) is 1. The van der Waals surface area contributed by atoms with Crippen molar-refractivity contribution in [2.24, 2.45) is 0 Å². The molecule has 0 unspecified atom stereocenters. The molecule has 1 heterocycles. The Morgan fingerprint density at radius 1 is 1.29 bits per heavy atom. The molecule has 0 aliphatic heterocycles. The van der Waals surface area contributed by atoms with Crippen LogP contribution in [-0.4, -0.2) is 43.9 Å². The zero-order chi connectivity index (χ0) is 16.0. The lowest BCUT2D eigenvalue weighted by atomic mass is 10.3. The molecule has 21 heavy (non-hydrogen) atoms. The van der Waals surface area contributed by atoms with E-state index in [-0.39, 0.29) is 23.6 Å². The molecule has 0 saturated carbocycles. The Bertz CT molecular complexity index is 538. The van der Waals surface area contributed by atoms with Crippen molar-refractivity contribution in [2.75, 3.05) is 13.2 Å². The van der Waals surface area contributed by atoms with Crippen molar-refractivity contribution in [3.05, 3.63) is 11.4 Å². The maximum absolute atomic E-state index is 12.4. The first kappa shape index (κ1) is 18.1. The second-order valence-corrected chi connectivity index (χ2v) is 7.18. The molecule has 0 aromatic carbocycles. The maximum atomic E-state index is 12.4. The number of aryl methyl sites for hydroxylation is 1. The molecule has 0 aliphatic rings. The van der Waals surface area contributed by atoms with E-state index in [1.54, 1.807) is 6.92 Å². The molecule has 0 radical (unpaired) electrons. The molecule has 0 aliphatic carbocycles. The minimum absolute atomic E-state index is 0.0796. The number of aromatic amines is 1. The Balaban J connectivity index is 2.75. The number of ether oxygens (including phenoxy) is 1. The van der Waals surface area contributed by atoms with Crippen LogP contribution >= 0.6 is 0 Å². The predicted octanol–water partition coefficient (Wildman–Crippen LogP) is 0.919. The fourth-order valence-corrected chi connectivity index (χ4v) is 3.16. The molecule has 0 amide bonds. The van der Waals surface area contributed by atoms with Crippen LogP contribution in [0.15, 0.2) is 4.90 Å². The second-order valence-electron chi connectivity index (χ2n) is 5.48. The lowest BCUT2D eigenvalue weighted by Crippen LogP contribution is -2.30. The minimum Gasteiger partial charge on any atom is -0.377 e. The highest BCUT2D eigenvalue weighted by Crippen LogP contribution is 2.17. The van der Waals surface area contributed by atoms with Crippen molar-refractivity contribution in [2.45, 2.75) is 58.2 Å². The molecule has 1 aromatic heterocycles. The monoisotopic (exact) mass is 318 g/mol. The number of H-pyrrole nitrogens is 1. The van der Waals surface area contributed by atoms with E-state index in [2.05, 4.69) is 20.2 Å². The first-order chi connectivity index (χ1) is 9.74. The van der Waals surface area contributed by atoms with Crippen LogP contribution in [0.3, 0.4) is 0 Å². The van der Waals surface area contributed by atoms with Crippen LogP contribution < -0.4 is 10.0 Å². The van der Waals surface area contributed by atoms with E-state index in [4.69, 9.17) is 4.74 Å². The molecule has 0 saturated heterocycles. The van der Waals surface area contributed by atoms with Crippen molar-refractivity contribution in [1.82, 2.24) is 20.2 Å². The lowest BCUT2D eigenvalue weighted by Gasteiger charge is -2.11. The van der Waals surface area contributed by atoms with Crippen molar-refractivity contribution >= 4 is 10.0 Å². The summed E-state index contributed by atoms with van der Waals surface area (Å²) in [5.74, 6) is 0. The van der Waals surface area contributed by atoms with Gasteiger partial charge in [-0.25, -0.2) is 13.1 Å². The number of nitrogens with one attached hydrogen (secondary N) is 3. The van der Waals surface area contributed by atoms with E-state index in [1.807, 2.05) is 27.7 Å². The summed E-state index contributed by atoms with van der Waals surface area (Å²) >= 11 is 0. The molecule has 0 atom stereocenters. The molecule has 7 nitrogen and oxygen atoms in total. The molecule has 0 bridgehead atoms. The van der Waals surface area contributed by atoms with Gasteiger partial charge in [-0.3, -0.25) is 5.10 Å². The van der Waals surface area contributed by atoms with Gasteiger partial charge in [0.25, 0.3) is 0 Å². The third-order valence-corrected chi connectivity index (χ3v) is 4.42. The van der Waals surface area contributed by atoms with Gasteiger partial charge in [0.15, 0.2) is 0 Å². The van der Waals surface area contributed by atoms with E-state index in [1.165, 1.54) is 0 Å². The average molecular weight is 318 g/mol. The third kappa shape index (κ3) is 5.74. The highest BCUT2D eigenvalue weighted by Gasteiger charge is 2.23. The van der Waals surface area contributed by atoms with Gasteiger partial charge in [-0.05, 0) is 20.8 Å². The molecule has 122 valence electrons. The SMILES string of the molecule is Cc1[nH]nc(CNC(C)C)c1S(=O)(=O)NCCOC(C)C. The van der Waals surface area contributed by atoms with Gasteiger partial charge in [0.1, 0.15) is 4.90 Å². The van der Waals surface area contributed by atoms with E-state index in [0.29, 0.717) is 24.5 Å². The Labute approximate surface area is 126 Å². The Morgan fingerprint density at radius 3 is 2.52 bits per heavy atom. The van der Waals surface area contributed by atoms with E-state index < -0.39 is 10.0 Å². The van der Waals surface area contributed by atoms with Crippen molar-refractivity contribution in [3.63, 3.8) is 0 Å². The van der Waals surface area contributed by atoms with Crippen LogP contribution in [-0.2, 0) is 21.3 Å². The van der Waals surface area contributed by atoms with Crippen molar-refractivity contribution in [3.8, 4) is 0 Å². The molecule has 8 heteroatoms. The molecular formula is C13H26N4O3S. The summed E-state index contributed by atoms with van der Waals surface area (Å²) in [6, 6.07) is 0.255. The van der Waals surface area contributed by atoms with Gasteiger partial charge in [0.2, 0.25) is 10.0 Å². The predicted molar refractivity (Wildman–Crippen MR) is 81.6 cm³/mol. The van der Waals surface area contributed by atoms with Gasteiger partial charge < -0.3 is 10.1 Å². The molecule has 1 rings (SSSR count). The number of aromatic nitrogens is 2. The smallest absolute Gasteiger partial charge is 0.244 e. The highest BCUT2D eigenvalue weighted by atomic mass is 32.2. The Hall–Kier alpha value is -0.960. The van der Waals surface area contributed by atoms with Gasteiger partial charge in [0.05, 0.1) is 24.1 Å². The number of sulfonamides is 1. The lowest BCUT2D eigenvalue weighted by molar-refractivity contribution is 0.0834. The van der Waals surface area contributed by atoms with Crippen LogP contribution in [0.2, 0.25) is 0 Å². The van der Waals surface area contributed by atoms with Crippen molar-refractivity contribution < 1.29 is 13.2 Å². The molecular weight excluding hydrogens is 292 g/mol. The Morgan fingerprint density at radius 2 is 1.95 bits per heavy atom. The summed E-state index contributed by atoms with van der Waals surface area (Å²) in [5, 5.41) is 9.98. The van der Waals surface area contributed by atoms with E-state index in [9.17, 15) is 8.42 Å². The summed E-state index contributed by atoms with van der Waals surface area (Å²) in [6.45, 7) is 10.5. The number of hydrogen-bond donors (Lipinski definition) is 3. The molecule has 3 N–H and O–H groups in total. The summed E-state index contributed by atoms with van der Waals surface area (Å²) in [4.78, 5) is 0.222. The van der Waals surface area contributed by atoms with Crippen LogP contribution in [0.5, 0.6) is 0 Å². The minimum atomic E-state index is -3.59. The number of hydrogen-bond acceptors (Lipinski definition) is 5. The highest BCUT2D eigenvalue weighted by molar-refractivity contribution is 7.89. The van der Waals surface area contributed by atoms with E-state index >= 15 is 0 Å². The van der Waals surface area contributed by atoms with Crippen LogP contribution in [0, 0.1) is 6.92 Å². The fraction of sp³-hybridized carbons (Fsp3) is 0.769. The summed E-state index contributed by atoms with van der Waals surface area (Å²) in [6.07, 6.45) is 0.0796. The maximum Gasteiger partial charge on any atom is 0.244 e. The third-order valence-electron chi connectivity index (χ3n) is 2.75.